The molecule has 3 heteroatoms. The standard InChI is InChI=1S/C19H24BN2/c1-4-5-12-21-16-8-6-7-9-17(16)22(19(21)20)18-13-14(2)10-11-15(18)3/h6-11,13H,4-5,12,20H2,1-3H3/q+1. The molecule has 0 aliphatic carbocycles. The zero-order chi connectivity index (χ0) is 15.7. The van der Waals surface area contributed by atoms with Crippen LogP contribution in [-0.4, -0.2) is 12.4 Å². The van der Waals surface area contributed by atoms with Crippen molar-refractivity contribution in [1.82, 2.24) is 4.57 Å². The second kappa shape index (κ2) is 6.00. The Labute approximate surface area is 133 Å². The number of benzene rings is 2. The summed E-state index contributed by atoms with van der Waals surface area (Å²) in [7, 11) is 2.23. The molecule has 0 saturated carbocycles. The molecule has 2 nitrogen and oxygen atoms in total. The first-order valence-corrected chi connectivity index (χ1v) is 8.21. The molecule has 1 aromatic heterocycles. The van der Waals surface area contributed by atoms with E-state index in [-0.39, 0.29) is 0 Å². The third kappa shape index (κ3) is 2.45. The van der Waals surface area contributed by atoms with E-state index in [9.17, 15) is 0 Å². The van der Waals surface area contributed by atoms with Crippen molar-refractivity contribution >= 4 is 24.6 Å². The summed E-state index contributed by atoms with van der Waals surface area (Å²) < 4.78 is 4.87. The first kappa shape index (κ1) is 14.9. The van der Waals surface area contributed by atoms with Gasteiger partial charge in [0, 0.05) is 0 Å². The van der Waals surface area contributed by atoms with Crippen molar-refractivity contribution in [3.05, 3.63) is 53.6 Å². The minimum absolute atomic E-state index is 1.08. The highest BCUT2D eigenvalue weighted by Crippen LogP contribution is 2.20. The highest BCUT2D eigenvalue weighted by atomic mass is 15.2. The second-order valence-electron chi connectivity index (χ2n) is 6.17. The van der Waals surface area contributed by atoms with Gasteiger partial charge in [-0.1, -0.05) is 37.6 Å². The van der Waals surface area contributed by atoms with Crippen molar-refractivity contribution in [1.29, 1.82) is 0 Å². The normalized spacial score (nSPS) is 11.2. The van der Waals surface area contributed by atoms with Gasteiger partial charge < -0.3 is 0 Å². The predicted molar refractivity (Wildman–Crippen MR) is 96.0 cm³/mol. The number of imidazole rings is 1. The third-order valence-corrected chi connectivity index (χ3v) is 4.47. The number of fused-ring (bicyclic) bond motifs is 1. The number of rotatable bonds is 4. The SMILES string of the molecule is Bc1n(-c2cc(C)ccc2C)c2ccccc2[n+]1CCCC. The largest absolute Gasteiger partial charge is 0.249 e. The lowest BCUT2D eigenvalue weighted by Crippen LogP contribution is -2.50. The summed E-state index contributed by atoms with van der Waals surface area (Å²) in [6.45, 7) is 7.69. The number of hydrogen-bond acceptors (Lipinski definition) is 0. The quantitative estimate of drug-likeness (QED) is 0.516. The summed E-state index contributed by atoms with van der Waals surface area (Å²) in [5.41, 5.74) is 7.85. The van der Waals surface area contributed by atoms with Crippen LogP contribution in [0.25, 0.3) is 16.7 Å². The van der Waals surface area contributed by atoms with Gasteiger partial charge in [0.15, 0.2) is 16.8 Å². The molecule has 0 aliphatic heterocycles. The Hall–Kier alpha value is -2.03. The summed E-state index contributed by atoms with van der Waals surface area (Å²) in [5.74, 6) is 0. The lowest BCUT2D eigenvalue weighted by Gasteiger charge is -2.06. The molecular formula is C19H24BN2+. The van der Waals surface area contributed by atoms with E-state index in [0.717, 1.165) is 6.54 Å². The van der Waals surface area contributed by atoms with Crippen LogP contribution in [0.5, 0.6) is 0 Å². The van der Waals surface area contributed by atoms with Crippen LogP contribution < -0.4 is 10.3 Å². The summed E-state index contributed by atoms with van der Waals surface area (Å²) in [6, 6.07) is 15.4. The van der Waals surface area contributed by atoms with Gasteiger partial charge in [-0.3, -0.25) is 0 Å². The van der Waals surface area contributed by atoms with Crippen molar-refractivity contribution in [2.24, 2.45) is 0 Å². The van der Waals surface area contributed by atoms with Gasteiger partial charge in [0.1, 0.15) is 5.69 Å². The number of para-hydroxylation sites is 2. The number of aromatic nitrogens is 2. The van der Waals surface area contributed by atoms with Gasteiger partial charge >= 0.3 is 0 Å². The molecule has 0 bridgehead atoms. The zero-order valence-electron chi connectivity index (χ0n) is 14.1. The monoisotopic (exact) mass is 291 g/mol. The van der Waals surface area contributed by atoms with Gasteiger partial charge in [-0.2, -0.15) is 0 Å². The molecule has 0 fully saturated rings. The molecule has 0 amide bonds. The summed E-state index contributed by atoms with van der Waals surface area (Å²) >= 11 is 0. The highest BCUT2D eigenvalue weighted by Gasteiger charge is 2.22. The Bertz CT molecular complexity index is 818. The van der Waals surface area contributed by atoms with E-state index >= 15 is 0 Å². The maximum Gasteiger partial charge on any atom is 0.249 e. The molecule has 0 spiro atoms. The molecule has 3 rings (SSSR count). The van der Waals surface area contributed by atoms with Gasteiger partial charge in [0.2, 0.25) is 7.85 Å². The predicted octanol–water partition coefficient (Wildman–Crippen LogP) is 2.59. The molecule has 0 saturated heterocycles. The van der Waals surface area contributed by atoms with Crippen molar-refractivity contribution in [3.8, 4) is 5.69 Å². The van der Waals surface area contributed by atoms with Crippen molar-refractivity contribution in [3.63, 3.8) is 0 Å². The summed E-state index contributed by atoms with van der Waals surface area (Å²) in [5, 5.41) is 0. The average molecular weight is 291 g/mol. The minimum Gasteiger partial charge on any atom is -0.237 e. The van der Waals surface area contributed by atoms with E-state index in [1.807, 2.05) is 0 Å². The summed E-state index contributed by atoms with van der Waals surface area (Å²) in [4.78, 5) is 0. The lowest BCUT2D eigenvalue weighted by molar-refractivity contribution is -0.654. The smallest absolute Gasteiger partial charge is 0.237 e. The van der Waals surface area contributed by atoms with Crippen LogP contribution in [0.2, 0.25) is 0 Å². The molecule has 0 atom stereocenters. The second-order valence-corrected chi connectivity index (χ2v) is 6.17. The number of aryl methyl sites for hydroxylation is 3. The molecule has 3 aromatic rings. The Morgan fingerprint density at radius 2 is 1.86 bits per heavy atom. The molecule has 22 heavy (non-hydrogen) atoms. The third-order valence-electron chi connectivity index (χ3n) is 4.47. The molecule has 112 valence electrons. The molecule has 2 aromatic carbocycles. The van der Waals surface area contributed by atoms with Crippen LogP contribution in [-0.2, 0) is 6.54 Å². The van der Waals surface area contributed by atoms with E-state index in [4.69, 9.17) is 0 Å². The minimum atomic E-state index is 1.08. The van der Waals surface area contributed by atoms with Crippen LogP contribution in [0.3, 0.4) is 0 Å². The van der Waals surface area contributed by atoms with Crippen LogP contribution in [0.4, 0.5) is 0 Å². The lowest BCUT2D eigenvalue weighted by atomic mass is 10.1. The first-order chi connectivity index (χ1) is 10.6. The van der Waals surface area contributed by atoms with Gasteiger partial charge in [-0.25, -0.2) is 9.13 Å². The van der Waals surface area contributed by atoms with Crippen LogP contribution in [0.1, 0.15) is 30.9 Å². The van der Waals surface area contributed by atoms with Gasteiger partial charge in [0.05, 0.1) is 6.54 Å². The molecule has 0 aliphatic rings. The van der Waals surface area contributed by atoms with Crippen molar-refractivity contribution < 1.29 is 4.57 Å². The van der Waals surface area contributed by atoms with Gasteiger partial charge in [-0.15, -0.1) is 0 Å². The molecular weight excluding hydrogens is 267 g/mol. The van der Waals surface area contributed by atoms with E-state index in [1.165, 1.54) is 46.4 Å². The molecule has 0 radical (unpaired) electrons. The maximum absolute atomic E-state index is 2.46. The Balaban J connectivity index is 2.29. The Morgan fingerprint density at radius 3 is 2.64 bits per heavy atom. The molecule has 0 N–H and O–H groups in total. The fraction of sp³-hybridized carbons (Fsp3) is 0.316. The van der Waals surface area contributed by atoms with Crippen LogP contribution in [0.15, 0.2) is 42.5 Å². The summed E-state index contributed by atoms with van der Waals surface area (Å²) in [6.07, 6.45) is 2.43. The Morgan fingerprint density at radius 1 is 1.09 bits per heavy atom. The van der Waals surface area contributed by atoms with E-state index in [2.05, 4.69) is 80.2 Å². The number of unbranched alkanes of at least 4 members (excludes halogenated alkanes) is 1. The molecule has 0 unspecified atom stereocenters. The van der Waals surface area contributed by atoms with Crippen molar-refractivity contribution in [2.75, 3.05) is 0 Å². The van der Waals surface area contributed by atoms with Crippen LogP contribution in [0, 0.1) is 13.8 Å². The maximum atomic E-state index is 2.46. The number of hydrogen-bond donors (Lipinski definition) is 0. The van der Waals surface area contributed by atoms with E-state index < -0.39 is 0 Å². The van der Waals surface area contributed by atoms with E-state index in [0.29, 0.717) is 0 Å². The van der Waals surface area contributed by atoms with Crippen molar-refractivity contribution in [2.45, 2.75) is 40.2 Å². The fourth-order valence-corrected chi connectivity index (χ4v) is 3.21. The Kier molecular flexibility index (Phi) is 4.06. The van der Waals surface area contributed by atoms with Gasteiger partial charge in [0.25, 0.3) is 0 Å². The zero-order valence-corrected chi connectivity index (χ0v) is 14.1. The van der Waals surface area contributed by atoms with Crippen LogP contribution >= 0.6 is 0 Å². The molecule has 1 heterocycles. The highest BCUT2D eigenvalue weighted by molar-refractivity contribution is 6.29. The topological polar surface area (TPSA) is 8.81 Å². The van der Waals surface area contributed by atoms with E-state index in [1.54, 1.807) is 0 Å². The van der Waals surface area contributed by atoms with Gasteiger partial charge in [-0.05, 0) is 49.6 Å². The fourth-order valence-electron chi connectivity index (χ4n) is 3.21. The number of nitrogens with zero attached hydrogens (tertiary/aromatic N) is 2. The first-order valence-electron chi connectivity index (χ1n) is 8.21. The average Bonchev–Trinajstić information content (AvgIpc) is 2.79.